The van der Waals surface area contributed by atoms with Crippen LogP contribution in [0.3, 0.4) is 0 Å². The fourth-order valence-electron chi connectivity index (χ4n) is 3.02. The van der Waals surface area contributed by atoms with Crippen molar-refractivity contribution in [3.05, 3.63) is 48.1 Å². The van der Waals surface area contributed by atoms with Crippen LogP contribution in [0.5, 0.6) is 5.75 Å². The highest BCUT2D eigenvalue weighted by molar-refractivity contribution is 5.60. The zero-order valence-corrected chi connectivity index (χ0v) is 14.0. The van der Waals surface area contributed by atoms with Crippen molar-refractivity contribution < 1.29 is 5.11 Å². The van der Waals surface area contributed by atoms with Gasteiger partial charge in [0, 0.05) is 25.3 Å². The first-order chi connectivity index (χ1) is 10.6. The second-order valence-corrected chi connectivity index (χ2v) is 6.13. The van der Waals surface area contributed by atoms with Crippen molar-refractivity contribution in [2.45, 2.75) is 32.7 Å². The summed E-state index contributed by atoms with van der Waals surface area (Å²) in [5.41, 5.74) is 3.97. The van der Waals surface area contributed by atoms with E-state index in [1.165, 1.54) is 16.8 Å². The zero-order chi connectivity index (χ0) is 16.1. The minimum atomic E-state index is 0.368. The fraction of sp³-hybridized carbons (Fsp3) is 0.474. The van der Waals surface area contributed by atoms with Gasteiger partial charge in [0.1, 0.15) is 5.75 Å². The SMILES string of the molecule is C=CCC.CC1=CCc2cc(O)ccc2N2CCN(C)CC12. The number of anilines is 1. The molecule has 22 heavy (non-hydrogen) atoms. The third kappa shape index (κ3) is 3.72. The summed E-state index contributed by atoms with van der Waals surface area (Å²) in [7, 11) is 2.19. The maximum Gasteiger partial charge on any atom is 0.116 e. The van der Waals surface area contributed by atoms with E-state index in [4.69, 9.17) is 0 Å². The third-order valence-electron chi connectivity index (χ3n) is 4.41. The van der Waals surface area contributed by atoms with Crippen LogP contribution in [0.4, 0.5) is 5.69 Å². The molecule has 1 saturated heterocycles. The summed E-state index contributed by atoms with van der Waals surface area (Å²) in [6, 6.07) is 6.25. The second-order valence-electron chi connectivity index (χ2n) is 6.13. The quantitative estimate of drug-likeness (QED) is 0.803. The molecule has 3 nitrogen and oxygen atoms in total. The highest BCUT2D eigenvalue weighted by Gasteiger charge is 2.29. The van der Waals surface area contributed by atoms with Gasteiger partial charge in [0.2, 0.25) is 0 Å². The van der Waals surface area contributed by atoms with Gasteiger partial charge >= 0.3 is 0 Å². The highest BCUT2D eigenvalue weighted by Crippen LogP contribution is 2.33. The second kappa shape index (κ2) is 7.50. The molecular weight excluding hydrogens is 272 g/mol. The molecule has 120 valence electrons. The Morgan fingerprint density at radius 2 is 2.09 bits per heavy atom. The first-order valence-corrected chi connectivity index (χ1v) is 8.11. The lowest BCUT2D eigenvalue weighted by molar-refractivity contribution is 0.282. The summed E-state index contributed by atoms with van der Waals surface area (Å²) in [6.07, 6.45) is 6.19. The summed E-state index contributed by atoms with van der Waals surface area (Å²) in [5, 5.41) is 9.64. The van der Waals surface area contributed by atoms with Crippen molar-refractivity contribution in [1.82, 2.24) is 4.90 Å². The van der Waals surface area contributed by atoms with Crippen molar-refractivity contribution in [2.24, 2.45) is 0 Å². The Kier molecular flexibility index (Phi) is 5.67. The average Bonchev–Trinajstić information content (AvgIpc) is 2.65. The maximum absolute atomic E-state index is 9.64. The molecule has 0 aliphatic carbocycles. The van der Waals surface area contributed by atoms with Crippen LogP contribution in [0.2, 0.25) is 0 Å². The van der Waals surface area contributed by atoms with Crippen molar-refractivity contribution in [3.8, 4) is 5.75 Å². The average molecular weight is 300 g/mol. The third-order valence-corrected chi connectivity index (χ3v) is 4.41. The number of likely N-dealkylation sites (N-methyl/N-ethyl adjacent to an activating group) is 1. The van der Waals surface area contributed by atoms with E-state index in [2.05, 4.69) is 49.4 Å². The van der Waals surface area contributed by atoms with E-state index in [-0.39, 0.29) is 0 Å². The number of allylic oxidation sites excluding steroid dienone is 2. The smallest absolute Gasteiger partial charge is 0.116 e. The predicted molar refractivity (Wildman–Crippen MR) is 94.7 cm³/mol. The van der Waals surface area contributed by atoms with Gasteiger partial charge in [0.25, 0.3) is 0 Å². The molecule has 1 unspecified atom stereocenters. The topological polar surface area (TPSA) is 26.7 Å². The van der Waals surface area contributed by atoms with Crippen LogP contribution in [0, 0.1) is 0 Å². The lowest BCUT2D eigenvalue weighted by Crippen LogP contribution is -2.52. The number of phenols is 1. The highest BCUT2D eigenvalue weighted by atomic mass is 16.3. The summed E-state index contributed by atoms with van der Waals surface area (Å²) in [5.74, 6) is 0.368. The van der Waals surface area contributed by atoms with Gasteiger partial charge in [0.05, 0.1) is 6.04 Å². The van der Waals surface area contributed by atoms with Gasteiger partial charge in [0.15, 0.2) is 0 Å². The molecule has 0 spiro atoms. The normalized spacial score (nSPS) is 20.8. The Labute approximate surface area is 134 Å². The number of aromatic hydroxyl groups is 1. The Hall–Kier alpha value is -1.74. The van der Waals surface area contributed by atoms with E-state index in [9.17, 15) is 5.11 Å². The van der Waals surface area contributed by atoms with Crippen molar-refractivity contribution in [1.29, 1.82) is 0 Å². The van der Waals surface area contributed by atoms with Gasteiger partial charge in [-0.15, -0.1) is 6.58 Å². The van der Waals surface area contributed by atoms with Crippen LogP contribution >= 0.6 is 0 Å². The molecule has 3 rings (SSSR count). The number of rotatable bonds is 1. The Morgan fingerprint density at radius 1 is 1.36 bits per heavy atom. The fourth-order valence-corrected chi connectivity index (χ4v) is 3.02. The van der Waals surface area contributed by atoms with Crippen LogP contribution in [-0.4, -0.2) is 42.7 Å². The number of hydrogen-bond acceptors (Lipinski definition) is 3. The van der Waals surface area contributed by atoms with Crippen LogP contribution in [0.25, 0.3) is 0 Å². The standard InChI is InChI=1S/C15H20N2O.C4H8/c1-11-3-4-12-9-13(18)5-6-14(12)17-8-7-16(2)10-15(11)17;1-3-4-2/h3,5-6,9,15,18H,4,7-8,10H2,1-2H3;3H,1,4H2,2H3. The minimum absolute atomic E-state index is 0.368. The molecule has 0 saturated carbocycles. The first kappa shape index (κ1) is 16.6. The zero-order valence-electron chi connectivity index (χ0n) is 14.0. The number of piperazine rings is 1. The number of fused-ring (bicyclic) bond motifs is 3. The molecule has 3 heteroatoms. The van der Waals surface area contributed by atoms with Gasteiger partial charge in [-0.3, -0.25) is 0 Å². The van der Waals surface area contributed by atoms with Gasteiger partial charge in [-0.05, 0) is 50.6 Å². The summed E-state index contributed by atoms with van der Waals surface area (Å²) in [6.45, 7) is 11.0. The van der Waals surface area contributed by atoms with Crippen molar-refractivity contribution in [2.75, 3.05) is 31.6 Å². The van der Waals surface area contributed by atoms with E-state index in [1.807, 2.05) is 12.1 Å². The minimum Gasteiger partial charge on any atom is -0.508 e. The number of hydrogen-bond donors (Lipinski definition) is 1. The molecule has 1 aromatic carbocycles. The van der Waals surface area contributed by atoms with Crippen molar-refractivity contribution >= 4 is 5.69 Å². The van der Waals surface area contributed by atoms with E-state index < -0.39 is 0 Å². The lowest BCUT2D eigenvalue weighted by Gasteiger charge is -2.42. The molecule has 2 aliphatic rings. The number of phenolic OH excluding ortho intramolecular Hbond substituents is 1. The van der Waals surface area contributed by atoms with Gasteiger partial charge in [-0.1, -0.05) is 24.6 Å². The van der Waals surface area contributed by atoms with Crippen molar-refractivity contribution in [3.63, 3.8) is 0 Å². The van der Waals surface area contributed by atoms with Gasteiger partial charge < -0.3 is 14.9 Å². The van der Waals surface area contributed by atoms with Gasteiger partial charge in [-0.2, -0.15) is 0 Å². The van der Waals surface area contributed by atoms with E-state index in [0.29, 0.717) is 11.8 Å². The molecule has 0 bridgehead atoms. The number of benzene rings is 1. The Morgan fingerprint density at radius 3 is 2.77 bits per heavy atom. The molecule has 1 N–H and O–H groups in total. The molecule has 1 atom stereocenters. The maximum atomic E-state index is 9.64. The van der Waals surface area contributed by atoms with Crippen LogP contribution in [-0.2, 0) is 6.42 Å². The predicted octanol–water partition coefficient (Wildman–Crippen LogP) is 3.60. The molecule has 0 radical (unpaired) electrons. The van der Waals surface area contributed by atoms with Crippen LogP contribution < -0.4 is 4.90 Å². The van der Waals surface area contributed by atoms with Crippen LogP contribution in [0.1, 0.15) is 25.8 Å². The lowest BCUT2D eigenvalue weighted by atomic mass is 10.0. The number of nitrogens with zero attached hydrogens (tertiary/aromatic N) is 2. The molecule has 2 aliphatic heterocycles. The molecular formula is C19H28N2O. The summed E-state index contributed by atoms with van der Waals surface area (Å²) >= 11 is 0. The summed E-state index contributed by atoms with van der Waals surface area (Å²) in [4.78, 5) is 4.89. The Balaban J connectivity index is 0.000000396. The largest absolute Gasteiger partial charge is 0.508 e. The van der Waals surface area contributed by atoms with E-state index >= 15 is 0 Å². The molecule has 0 amide bonds. The van der Waals surface area contributed by atoms with E-state index in [0.717, 1.165) is 32.5 Å². The van der Waals surface area contributed by atoms with Gasteiger partial charge in [-0.25, -0.2) is 0 Å². The van der Waals surface area contributed by atoms with Crippen LogP contribution in [0.15, 0.2) is 42.5 Å². The van der Waals surface area contributed by atoms with E-state index in [1.54, 1.807) is 6.07 Å². The summed E-state index contributed by atoms with van der Waals surface area (Å²) < 4.78 is 0. The molecule has 1 aromatic rings. The monoisotopic (exact) mass is 300 g/mol. The molecule has 2 heterocycles. The first-order valence-electron chi connectivity index (χ1n) is 8.11. The molecule has 1 fully saturated rings. The molecule has 0 aromatic heterocycles. The Bertz CT molecular complexity index is 550.